The van der Waals surface area contributed by atoms with Crippen LogP contribution in [0.25, 0.3) is 33.1 Å². The number of benzene rings is 2. The SMILES string of the molecule is COc1ccccc1-c1nc(C(=O)NCCCN2CCOCC2)cc2c1[nH]c1ccccc12. The fraction of sp³-hybridized carbons (Fsp3) is 0.308. The maximum Gasteiger partial charge on any atom is 0.269 e. The van der Waals surface area contributed by atoms with E-state index in [-0.39, 0.29) is 5.91 Å². The number of carbonyl (C=O) groups excluding carboxylic acids is 1. The predicted octanol–water partition coefficient (Wildman–Crippen LogP) is 3.84. The van der Waals surface area contributed by atoms with Crippen molar-refractivity contribution in [3.05, 3.63) is 60.3 Å². The van der Waals surface area contributed by atoms with Crippen LogP contribution in [0.15, 0.2) is 54.6 Å². The quantitative estimate of drug-likeness (QED) is 0.424. The van der Waals surface area contributed by atoms with Crippen LogP contribution >= 0.6 is 0 Å². The zero-order valence-electron chi connectivity index (χ0n) is 18.8. The van der Waals surface area contributed by atoms with Gasteiger partial charge in [0, 0.05) is 41.5 Å². The molecule has 2 aromatic carbocycles. The monoisotopic (exact) mass is 444 g/mol. The van der Waals surface area contributed by atoms with Gasteiger partial charge in [0.2, 0.25) is 0 Å². The molecular formula is C26H28N4O3. The van der Waals surface area contributed by atoms with Gasteiger partial charge in [-0.2, -0.15) is 0 Å². The maximum absolute atomic E-state index is 13.1. The van der Waals surface area contributed by atoms with Crippen molar-refractivity contribution in [2.24, 2.45) is 0 Å². The number of nitrogens with zero attached hydrogens (tertiary/aromatic N) is 2. The summed E-state index contributed by atoms with van der Waals surface area (Å²) in [6.45, 7) is 5.03. The molecule has 7 nitrogen and oxygen atoms in total. The fourth-order valence-corrected chi connectivity index (χ4v) is 4.42. The first-order chi connectivity index (χ1) is 16.2. The molecule has 1 fully saturated rings. The Kier molecular flexibility index (Phi) is 6.24. The number of rotatable bonds is 7. The maximum atomic E-state index is 13.1. The first-order valence-corrected chi connectivity index (χ1v) is 11.4. The van der Waals surface area contributed by atoms with Gasteiger partial charge in [0.1, 0.15) is 11.4 Å². The zero-order valence-corrected chi connectivity index (χ0v) is 18.8. The first-order valence-electron chi connectivity index (χ1n) is 11.4. The first kappa shape index (κ1) is 21.4. The lowest BCUT2D eigenvalue weighted by atomic mass is 10.1. The van der Waals surface area contributed by atoms with E-state index >= 15 is 0 Å². The van der Waals surface area contributed by atoms with Crippen molar-refractivity contribution >= 4 is 27.7 Å². The van der Waals surface area contributed by atoms with Gasteiger partial charge in [0.15, 0.2) is 0 Å². The summed E-state index contributed by atoms with van der Waals surface area (Å²) in [6, 6.07) is 17.7. The summed E-state index contributed by atoms with van der Waals surface area (Å²) in [7, 11) is 1.65. The normalized spacial score (nSPS) is 14.6. The number of ether oxygens (including phenoxy) is 2. The molecule has 0 unspecified atom stereocenters. The van der Waals surface area contributed by atoms with Crippen molar-refractivity contribution in [3.8, 4) is 17.0 Å². The minimum atomic E-state index is -0.166. The number of nitrogens with one attached hydrogen (secondary N) is 2. The molecule has 5 rings (SSSR count). The van der Waals surface area contributed by atoms with E-state index in [4.69, 9.17) is 14.5 Å². The summed E-state index contributed by atoms with van der Waals surface area (Å²) in [5, 5.41) is 5.08. The number of aromatic amines is 1. The molecule has 1 aliphatic rings. The minimum absolute atomic E-state index is 0.166. The Morgan fingerprint density at radius 1 is 1.12 bits per heavy atom. The molecule has 2 N–H and O–H groups in total. The topological polar surface area (TPSA) is 79.5 Å². The molecule has 7 heteroatoms. The number of para-hydroxylation sites is 2. The molecule has 2 aromatic heterocycles. The van der Waals surface area contributed by atoms with Gasteiger partial charge < -0.3 is 19.8 Å². The smallest absolute Gasteiger partial charge is 0.269 e. The van der Waals surface area contributed by atoms with Gasteiger partial charge >= 0.3 is 0 Å². The minimum Gasteiger partial charge on any atom is -0.496 e. The molecule has 0 radical (unpaired) electrons. The Balaban J connectivity index is 1.46. The number of fused-ring (bicyclic) bond motifs is 3. The van der Waals surface area contributed by atoms with E-state index in [1.54, 1.807) is 7.11 Å². The average molecular weight is 445 g/mol. The van der Waals surface area contributed by atoms with E-state index in [1.807, 2.05) is 48.5 Å². The van der Waals surface area contributed by atoms with Gasteiger partial charge in [-0.05, 0) is 37.2 Å². The second-order valence-electron chi connectivity index (χ2n) is 8.21. The molecule has 1 saturated heterocycles. The fourth-order valence-electron chi connectivity index (χ4n) is 4.42. The van der Waals surface area contributed by atoms with Crippen LogP contribution in [0.2, 0.25) is 0 Å². The summed E-state index contributed by atoms with van der Waals surface area (Å²) in [4.78, 5) is 23.7. The highest BCUT2D eigenvalue weighted by Crippen LogP contribution is 2.36. The Bertz CT molecular complexity index is 1280. The molecule has 3 heterocycles. The van der Waals surface area contributed by atoms with Gasteiger partial charge in [-0.15, -0.1) is 0 Å². The number of hydrogen-bond acceptors (Lipinski definition) is 5. The third kappa shape index (κ3) is 4.42. The molecule has 0 saturated carbocycles. The number of morpholine rings is 1. The second kappa shape index (κ2) is 9.60. The van der Waals surface area contributed by atoms with E-state index in [2.05, 4.69) is 21.3 Å². The number of pyridine rings is 1. The highest BCUT2D eigenvalue weighted by molar-refractivity contribution is 6.13. The number of aromatic nitrogens is 2. The van der Waals surface area contributed by atoms with Crippen molar-refractivity contribution in [2.45, 2.75) is 6.42 Å². The van der Waals surface area contributed by atoms with Crippen LogP contribution in [0.5, 0.6) is 5.75 Å². The number of carbonyl (C=O) groups is 1. The number of amides is 1. The van der Waals surface area contributed by atoms with Crippen molar-refractivity contribution in [1.82, 2.24) is 20.2 Å². The molecule has 0 atom stereocenters. The van der Waals surface area contributed by atoms with E-state index < -0.39 is 0 Å². The van der Waals surface area contributed by atoms with Crippen LogP contribution in [-0.2, 0) is 4.74 Å². The van der Waals surface area contributed by atoms with Crippen molar-refractivity contribution in [3.63, 3.8) is 0 Å². The van der Waals surface area contributed by atoms with E-state index in [9.17, 15) is 4.79 Å². The van der Waals surface area contributed by atoms with Crippen LogP contribution in [-0.4, -0.2) is 67.3 Å². The predicted molar refractivity (Wildman–Crippen MR) is 130 cm³/mol. The molecule has 170 valence electrons. The summed E-state index contributed by atoms with van der Waals surface area (Å²) in [5.74, 6) is 0.549. The third-order valence-corrected chi connectivity index (χ3v) is 6.13. The van der Waals surface area contributed by atoms with E-state index in [0.29, 0.717) is 23.7 Å². The van der Waals surface area contributed by atoms with Gasteiger partial charge in [-0.25, -0.2) is 4.98 Å². The van der Waals surface area contributed by atoms with Gasteiger partial charge in [-0.3, -0.25) is 9.69 Å². The van der Waals surface area contributed by atoms with Crippen LogP contribution in [0.3, 0.4) is 0 Å². The third-order valence-electron chi connectivity index (χ3n) is 6.13. The van der Waals surface area contributed by atoms with Crippen LogP contribution in [0.4, 0.5) is 0 Å². The molecule has 1 aliphatic heterocycles. The molecular weight excluding hydrogens is 416 g/mol. The molecule has 33 heavy (non-hydrogen) atoms. The summed E-state index contributed by atoms with van der Waals surface area (Å²) >= 11 is 0. The van der Waals surface area contributed by atoms with Crippen LogP contribution in [0, 0.1) is 0 Å². The highest BCUT2D eigenvalue weighted by atomic mass is 16.5. The van der Waals surface area contributed by atoms with Crippen molar-refractivity contribution < 1.29 is 14.3 Å². The second-order valence-corrected chi connectivity index (χ2v) is 8.21. The molecule has 0 aliphatic carbocycles. The highest BCUT2D eigenvalue weighted by Gasteiger charge is 2.19. The van der Waals surface area contributed by atoms with Gasteiger partial charge in [0.05, 0.1) is 31.5 Å². The van der Waals surface area contributed by atoms with E-state index in [1.165, 1.54) is 0 Å². The van der Waals surface area contributed by atoms with Gasteiger partial charge in [-0.1, -0.05) is 30.3 Å². The number of H-pyrrole nitrogens is 1. The summed E-state index contributed by atoms with van der Waals surface area (Å²) < 4.78 is 11.0. The molecule has 0 spiro atoms. The van der Waals surface area contributed by atoms with Crippen LogP contribution < -0.4 is 10.1 Å². The standard InChI is InChI=1S/C26H28N4O3/c1-32-23-10-5-3-8-19(23)24-25-20(18-7-2-4-9-21(18)28-25)17-22(29-24)26(31)27-11-6-12-30-13-15-33-16-14-30/h2-5,7-10,17,28H,6,11-16H2,1H3,(H,27,31). The molecule has 0 bridgehead atoms. The average Bonchev–Trinajstić information content (AvgIpc) is 3.25. The molecule has 1 amide bonds. The molecule has 4 aromatic rings. The number of hydrogen-bond donors (Lipinski definition) is 2. The van der Waals surface area contributed by atoms with Crippen LogP contribution in [0.1, 0.15) is 16.9 Å². The Morgan fingerprint density at radius 2 is 1.91 bits per heavy atom. The summed E-state index contributed by atoms with van der Waals surface area (Å²) in [6.07, 6.45) is 0.889. The zero-order chi connectivity index (χ0) is 22.6. The lowest BCUT2D eigenvalue weighted by molar-refractivity contribution is 0.0374. The van der Waals surface area contributed by atoms with E-state index in [0.717, 1.165) is 66.6 Å². The summed E-state index contributed by atoms with van der Waals surface area (Å²) in [5.41, 5.74) is 3.86. The Hall–Kier alpha value is -3.42. The van der Waals surface area contributed by atoms with Crippen molar-refractivity contribution in [1.29, 1.82) is 0 Å². The number of methoxy groups -OCH3 is 1. The Labute approximate surface area is 192 Å². The lowest BCUT2D eigenvalue weighted by Gasteiger charge is -2.26. The van der Waals surface area contributed by atoms with Gasteiger partial charge in [0.25, 0.3) is 5.91 Å². The lowest BCUT2D eigenvalue weighted by Crippen LogP contribution is -2.38. The van der Waals surface area contributed by atoms with Crippen molar-refractivity contribution in [2.75, 3.05) is 46.5 Å². The Morgan fingerprint density at radius 3 is 2.76 bits per heavy atom. The largest absolute Gasteiger partial charge is 0.496 e.